The maximum atomic E-state index is 12.0. The zero-order chi connectivity index (χ0) is 15.9. The third-order valence-corrected chi connectivity index (χ3v) is 3.79. The summed E-state index contributed by atoms with van der Waals surface area (Å²) in [6, 6.07) is 0.517. The van der Waals surface area contributed by atoms with Crippen molar-refractivity contribution in [2.45, 2.75) is 73.0 Å². The number of nitrogens with zero attached hydrogens (tertiary/aromatic N) is 1. The first-order valence-electron chi connectivity index (χ1n) is 7.72. The molecule has 0 spiro atoms. The lowest BCUT2D eigenvalue weighted by atomic mass is 9.87. The van der Waals surface area contributed by atoms with Crippen molar-refractivity contribution in [3.05, 3.63) is 0 Å². The van der Waals surface area contributed by atoms with E-state index in [2.05, 4.69) is 45.0 Å². The van der Waals surface area contributed by atoms with Crippen LogP contribution in [0.1, 0.15) is 54.9 Å². The zero-order valence-corrected chi connectivity index (χ0v) is 14.6. The van der Waals surface area contributed by atoms with Gasteiger partial charge in [0.2, 0.25) is 0 Å². The third-order valence-electron chi connectivity index (χ3n) is 3.79. The van der Waals surface area contributed by atoms with Crippen molar-refractivity contribution >= 4 is 5.97 Å². The van der Waals surface area contributed by atoms with Crippen molar-refractivity contribution in [1.82, 2.24) is 10.2 Å². The predicted octanol–water partition coefficient (Wildman–Crippen LogP) is 2.67. The Bertz CT molecular complexity index is 285. The summed E-state index contributed by atoms with van der Waals surface area (Å²) in [4.78, 5) is 14.3. The Morgan fingerprint density at radius 2 is 1.80 bits per heavy atom. The quantitative estimate of drug-likeness (QED) is 0.697. The predicted molar refractivity (Wildman–Crippen MR) is 84.9 cm³/mol. The van der Waals surface area contributed by atoms with Gasteiger partial charge >= 0.3 is 5.97 Å². The third kappa shape index (κ3) is 7.25. The molecule has 1 N–H and O–H groups in total. The highest BCUT2D eigenvalue weighted by Crippen LogP contribution is 2.23. The van der Waals surface area contributed by atoms with E-state index in [1.807, 2.05) is 20.8 Å². The highest BCUT2D eigenvalue weighted by atomic mass is 16.5. The smallest absolute Gasteiger partial charge is 0.323 e. The fraction of sp³-hybridized carbons (Fsp3) is 0.938. The molecular formula is C16H34N2O2. The van der Waals surface area contributed by atoms with Gasteiger partial charge in [-0.1, -0.05) is 34.6 Å². The summed E-state index contributed by atoms with van der Waals surface area (Å²) in [6.45, 7) is 16.2. The monoisotopic (exact) mass is 286 g/mol. The fourth-order valence-corrected chi connectivity index (χ4v) is 2.10. The summed E-state index contributed by atoms with van der Waals surface area (Å²) in [6.07, 6.45) is 0.772. The van der Waals surface area contributed by atoms with Crippen LogP contribution in [0.2, 0.25) is 0 Å². The molecule has 0 saturated heterocycles. The topological polar surface area (TPSA) is 41.6 Å². The molecular weight excluding hydrogens is 252 g/mol. The van der Waals surface area contributed by atoms with E-state index in [9.17, 15) is 4.79 Å². The molecule has 20 heavy (non-hydrogen) atoms. The van der Waals surface area contributed by atoms with Gasteiger partial charge in [-0.25, -0.2) is 0 Å². The summed E-state index contributed by atoms with van der Waals surface area (Å²) < 4.78 is 5.14. The second kappa shape index (κ2) is 8.63. The van der Waals surface area contributed by atoms with E-state index < -0.39 is 0 Å². The molecule has 4 nitrogen and oxygen atoms in total. The van der Waals surface area contributed by atoms with Gasteiger partial charge in [0, 0.05) is 18.6 Å². The molecule has 0 heterocycles. The number of carbonyl (C=O) groups excluding carboxylic acids is 1. The Balaban J connectivity index is 4.49. The molecule has 2 atom stereocenters. The number of hydrogen-bond acceptors (Lipinski definition) is 4. The Morgan fingerprint density at radius 3 is 2.20 bits per heavy atom. The molecule has 0 radical (unpaired) electrons. The summed E-state index contributed by atoms with van der Waals surface area (Å²) >= 11 is 0. The second-order valence-corrected chi connectivity index (χ2v) is 6.94. The lowest BCUT2D eigenvalue weighted by molar-refractivity contribution is -0.146. The van der Waals surface area contributed by atoms with E-state index in [4.69, 9.17) is 4.74 Å². The Labute approximate surface area is 125 Å². The normalized spacial score (nSPS) is 15.5. The van der Waals surface area contributed by atoms with Gasteiger partial charge in [0.1, 0.15) is 6.04 Å². The Hall–Kier alpha value is -0.610. The van der Waals surface area contributed by atoms with Crippen LogP contribution < -0.4 is 5.32 Å². The maximum absolute atomic E-state index is 12.0. The number of ether oxygens (including phenoxy) is 1. The van der Waals surface area contributed by atoms with Crippen molar-refractivity contribution < 1.29 is 9.53 Å². The lowest BCUT2D eigenvalue weighted by Crippen LogP contribution is -2.46. The van der Waals surface area contributed by atoms with E-state index in [-0.39, 0.29) is 23.5 Å². The lowest BCUT2D eigenvalue weighted by Gasteiger charge is -2.36. The summed E-state index contributed by atoms with van der Waals surface area (Å²) in [5, 5.41) is 3.30. The average molecular weight is 286 g/mol. The number of hydrogen-bond donors (Lipinski definition) is 1. The van der Waals surface area contributed by atoms with Crippen molar-refractivity contribution in [2.75, 3.05) is 20.2 Å². The van der Waals surface area contributed by atoms with Gasteiger partial charge in [-0.2, -0.15) is 0 Å². The maximum Gasteiger partial charge on any atom is 0.323 e. The van der Waals surface area contributed by atoms with Gasteiger partial charge in [0.05, 0.1) is 6.61 Å². The minimum Gasteiger partial charge on any atom is -0.465 e. The van der Waals surface area contributed by atoms with Crippen LogP contribution >= 0.6 is 0 Å². The van der Waals surface area contributed by atoms with E-state index in [1.54, 1.807) is 0 Å². The van der Waals surface area contributed by atoms with E-state index >= 15 is 0 Å². The highest BCUT2D eigenvalue weighted by molar-refractivity contribution is 5.75. The summed E-state index contributed by atoms with van der Waals surface area (Å²) in [5.74, 6) is -0.141. The van der Waals surface area contributed by atoms with Crippen molar-refractivity contribution in [1.29, 1.82) is 0 Å². The molecule has 0 saturated carbocycles. The van der Waals surface area contributed by atoms with Crippen LogP contribution in [-0.2, 0) is 9.53 Å². The summed E-state index contributed by atoms with van der Waals surface area (Å²) in [7, 11) is 2.12. The molecule has 2 unspecified atom stereocenters. The van der Waals surface area contributed by atoms with Crippen LogP contribution in [0.25, 0.3) is 0 Å². The van der Waals surface area contributed by atoms with E-state index in [0.29, 0.717) is 12.6 Å². The Kier molecular flexibility index (Phi) is 8.36. The van der Waals surface area contributed by atoms with Crippen LogP contribution in [0.5, 0.6) is 0 Å². The van der Waals surface area contributed by atoms with Crippen LogP contribution in [0.15, 0.2) is 0 Å². The van der Waals surface area contributed by atoms with Crippen LogP contribution in [0.3, 0.4) is 0 Å². The molecule has 0 aromatic heterocycles. The minimum absolute atomic E-state index is 0.141. The van der Waals surface area contributed by atoms with Crippen molar-refractivity contribution in [3.8, 4) is 0 Å². The molecule has 0 aliphatic carbocycles. The molecule has 0 bridgehead atoms. The Morgan fingerprint density at radius 1 is 1.25 bits per heavy atom. The molecule has 0 aliphatic heterocycles. The molecule has 0 amide bonds. The van der Waals surface area contributed by atoms with Gasteiger partial charge in [0.15, 0.2) is 0 Å². The van der Waals surface area contributed by atoms with Crippen LogP contribution in [0, 0.1) is 5.41 Å². The second-order valence-electron chi connectivity index (χ2n) is 6.94. The number of carbonyl (C=O) groups is 1. The molecule has 0 aromatic carbocycles. The first-order valence-corrected chi connectivity index (χ1v) is 7.72. The molecule has 120 valence electrons. The molecule has 4 heteroatoms. The molecule has 0 fully saturated rings. The molecule has 0 aromatic rings. The van der Waals surface area contributed by atoms with E-state index in [1.165, 1.54) is 0 Å². The fourth-order valence-electron chi connectivity index (χ4n) is 2.10. The van der Waals surface area contributed by atoms with Crippen molar-refractivity contribution in [2.24, 2.45) is 5.41 Å². The van der Waals surface area contributed by atoms with Crippen LogP contribution in [0.4, 0.5) is 0 Å². The van der Waals surface area contributed by atoms with Gasteiger partial charge in [-0.3, -0.25) is 4.79 Å². The number of rotatable bonds is 8. The SMILES string of the molecule is CCOC(=O)C(CCN(C)C(C)C(C)(C)C)NC(C)C. The average Bonchev–Trinajstić information content (AvgIpc) is 2.31. The first kappa shape index (κ1) is 19.4. The largest absolute Gasteiger partial charge is 0.465 e. The summed E-state index contributed by atoms with van der Waals surface area (Å²) in [5.41, 5.74) is 0.236. The number of nitrogens with one attached hydrogen (secondary N) is 1. The number of esters is 1. The van der Waals surface area contributed by atoms with E-state index in [0.717, 1.165) is 13.0 Å². The zero-order valence-electron chi connectivity index (χ0n) is 14.6. The molecule has 0 aliphatic rings. The van der Waals surface area contributed by atoms with Gasteiger partial charge < -0.3 is 15.0 Å². The standard InChI is InChI=1S/C16H34N2O2/c1-9-20-15(19)14(17-12(2)3)10-11-18(8)13(4)16(5,6)7/h12-14,17H,9-11H2,1-8H3. The first-order chi connectivity index (χ1) is 9.09. The molecule has 0 rings (SSSR count). The highest BCUT2D eigenvalue weighted by Gasteiger charge is 2.26. The minimum atomic E-state index is -0.218. The van der Waals surface area contributed by atoms with Gasteiger partial charge in [-0.05, 0) is 32.7 Å². The van der Waals surface area contributed by atoms with Crippen molar-refractivity contribution in [3.63, 3.8) is 0 Å². The van der Waals surface area contributed by atoms with Crippen LogP contribution in [-0.4, -0.2) is 49.2 Å². The van der Waals surface area contributed by atoms with Gasteiger partial charge in [-0.15, -0.1) is 0 Å². The van der Waals surface area contributed by atoms with Gasteiger partial charge in [0.25, 0.3) is 0 Å².